The number of nitrogens with zero attached hydrogens (tertiary/aromatic N) is 3. The first-order valence-electron chi connectivity index (χ1n) is 7.96. The number of thiophene rings is 1. The minimum Gasteiger partial charge on any atom is -0.354 e. The summed E-state index contributed by atoms with van der Waals surface area (Å²) in [6.45, 7) is 6.52. The van der Waals surface area contributed by atoms with Gasteiger partial charge in [-0.2, -0.15) is 0 Å². The predicted molar refractivity (Wildman–Crippen MR) is 93.9 cm³/mol. The molecule has 0 amide bonds. The molecule has 0 radical (unpaired) electrons. The average molecular weight is 314 g/mol. The molecule has 1 aromatic heterocycles. The lowest BCUT2D eigenvalue weighted by atomic mass is 10.1. The van der Waals surface area contributed by atoms with Gasteiger partial charge in [-0.1, -0.05) is 12.2 Å². The van der Waals surface area contributed by atoms with Crippen molar-refractivity contribution in [1.29, 1.82) is 0 Å². The van der Waals surface area contributed by atoms with Crippen LogP contribution in [0.15, 0.2) is 35.0 Å². The molecule has 4 nitrogen and oxygen atoms in total. The standard InChI is InChI=1S/C17H22N4S/c1-12-11-13-16(21-9-7-20(2)8-10-21)18-14-5-3-4-6-15(14)19-17(13)22-12/h3-4,6,11,14,19H,5,7-10H2,1-2H3. The fraction of sp³-hybridized carbons (Fsp3) is 0.471. The number of aryl methyl sites for hydroxylation is 1. The van der Waals surface area contributed by atoms with Crippen molar-refractivity contribution in [3.8, 4) is 0 Å². The summed E-state index contributed by atoms with van der Waals surface area (Å²) < 4.78 is 0. The Kier molecular flexibility index (Phi) is 3.54. The summed E-state index contributed by atoms with van der Waals surface area (Å²) in [6.07, 6.45) is 7.51. The fourth-order valence-corrected chi connectivity index (χ4v) is 4.18. The maximum Gasteiger partial charge on any atom is 0.134 e. The summed E-state index contributed by atoms with van der Waals surface area (Å²) in [7, 11) is 2.20. The quantitative estimate of drug-likeness (QED) is 0.799. The molecule has 4 rings (SSSR count). The summed E-state index contributed by atoms with van der Waals surface area (Å²) in [5.74, 6) is 1.18. The van der Waals surface area contributed by atoms with Crippen molar-refractivity contribution in [3.05, 3.63) is 40.4 Å². The van der Waals surface area contributed by atoms with E-state index in [0.29, 0.717) is 0 Å². The molecule has 1 N–H and O–H groups in total. The van der Waals surface area contributed by atoms with Crippen molar-refractivity contribution >= 4 is 22.2 Å². The number of allylic oxidation sites excluding steroid dienone is 2. The molecule has 1 atom stereocenters. The van der Waals surface area contributed by atoms with Gasteiger partial charge in [0.15, 0.2) is 0 Å². The zero-order chi connectivity index (χ0) is 15.1. The topological polar surface area (TPSA) is 30.9 Å². The molecule has 3 heterocycles. The number of piperazine rings is 1. The van der Waals surface area contributed by atoms with E-state index in [4.69, 9.17) is 4.99 Å². The number of fused-ring (bicyclic) bond motifs is 2. The van der Waals surface area contributed by atoms with Gasteiger partial charge in [-0.15, -0.1) is 11.3 Å². The van der Waals surface area contributed by atoms with Gasteiger partial charge in [-0.3, -0.25) is 4.99 Å². The van der Waals surface area contributed by atoms with E-state index in [1.54, 1.807) is 0 Å². The Hall–Kier alpha value is -1.59. The Morgan fingerprint density at radius 1 is 1.27 bits per heavy atom. The second-order valence-corrected chi connectivity index (χ2v) is 7.53. The molecule has 0 bridgehead atoms. The third-order valence-corrected chi connectivity index (χ3v) is 5.53. The van der Waals surface area contributed by atoms with Gasteiger partial charge in [0.2, 0.25) is 0 Å². The molecule has 1 unspecified atom stereocenters. The van der Waals surface area contributed by atoms with Gasteiger partial charge in [-0.05, 0) is 32.5 Å². The van der Waals surface area contributed by atoms with Crippen molar-refractivity contribution in [3.63, 3.8) is 0 Å². The van der Waals surface area contributed by atoms with Crippen LogP contribution >= 0.6 is 11.3 Å². The number of rotatable bonds is 0. The van der Waals surface area contributed by atoms with Crippen molar-refractivity contribution in [2.75, 3.05) is 38.5 Å². The SMILES string of the molecule is Cc1cc2c(s1)NC1=CC=CCC1N=C2N1CCN(C)CC1. The summed E-state index contributed by atoms with van der Waals surface area (Å²) in [5, 5.41) is 4.89. The van der Waals surface area contributed by atoms with Gasteiger partial charge in [-0.25, -0.2) is 0 Å². The largest absolute Gasteiger partial charge is 0.354 e. The Balaban J connectivity index is 1.75. The van der Waals surface area contributed by atoms with Crippen molar-refractivity contribution < 1.29 is 0 Å². The first kappa shape index (κ1) is 14.0. The molecule has 116 valence electrons. The van der Waals surface area contributed by atoms with Crippen LogP contribution in [0.5, 0.6) is 0 Å². The predicted octanol–water partition coefficient (Wildman–Crippen LogP) is 2.69. The minimum absolute atomic E-state index is 0.236. The molecule has 1 fully saturated rings. The van der Waals surface area contributed by atoms with Gasteiger partial charge in [0.05, 0.1) is 11.6 Å². The Morgan fingerprint density at radius 2 is 2.09 bits per heavy atom. The molecule has 1 aromatic rings. The summed E-state index contributed by atoms with van der Waals surface area (Å²) >= 11 is 1.83. The molecular weight excluding hydrogens is 292 g/mol. The highest BCUT2D eigenvalue weighted by Crippen LogP contribution is 2.35. The highest BCUT2D eigenvalue weighted by molar-refractivity contribution is 7.16. The van der Waals surface area contributed by atoms with E-state index in [2.05, 4.69) is 53.4 Å². The number of hydrogen-bond acceptors (Lipinski definition) is 5. The Morgan fingerprint density at radius 3 is 2.91 bits per heavy atom. The van der Waals surface area contributed by atoms with E-state index in [1.807, 2.05) is 11.3 Å². The fourth-order valence-electron chi connectivity index (χ4n) is 3.26. The van der Waals surface area contributed by atoms with Gasteiger partial charge in [0.1, 0.15) is 10.8 Å². The second kappa shape index (κ2) is 5.56. The average Bonchev–Trinajstić information content (AvgIpc) is 2.80. The van der Waals surface area contributed by atoms with Gasteiger partial charge >= 0.3 is 0 Å². The van der Waals surface area contributed by atoms with Crippen LogP contribution in [-0.2, 0) is 0 Å². The summed E-state index contributed by atoms with van der Waals surface area (Å²) in [6, 6.07) is 2.52. The second-order valence-electron chi connectivity index (χ2n) is 6.27. The van der Waals surface area contributed by atoms with E-state index < -0.39 is 0 Å². The van der Waals surface area contributed by atoms with Crippen LogP contribution in [0.2, 0.25) is 0 Å². The lowest BCUT2D eigenvalue weighted by Crippen LogP contribution is -2.47. The van der Waals surface area contributed by atoms with Gasteiger partial charge in [0, 0.05) is 36.8 Å². The van der Waals surface area contributed by atoms with Crippen LogP contribution in [0.25, 0.3) is 0 Å². The zero-order valence-electron chi connectivity index (χ0n) is 13.2. The van der Waals surface area contributed by atoms with Crippen LogP contribution < -0.4 is 5.32 Å². The highest BCUT2D eigenvalue weighted by atomic mass is 32.1. The maximum atomic E-state index is 5.15. The molecule has 0 spiro atoms. The lowest BCUT2D eigenvalue weighted by molar-refractivity contribution is 0.215. The van der Waals surface area contributed by atoms with Gasteiger partial charge in [0.25, 0.3) is 0 Å². The van der Waals surface area contributed by atoms with E-state index >= 15 is 0 Å². The number of anilines is 1. The number of hydrogen-bond donors (Lipinski definition) is 1. The van der Waals surface area contributed by atoms with E-state index in [9.17, 15) is 0 Å². The number of likely N-dealkylation sites (N-methyl/N-ethyl adjacent to an activating group) is 1. The molecule has 3 aliphatic rings. The molecular formula is C17H22N4S. The highest BCUT2D eigenvalue weighted by Gasteiger charge is 2.28. The van der Waals surface area contributed by atoms with Crippen LogP contribution in [0, 0.1) is 6.92 Å². The molecule has 2 aliphatic heterocycles. The number of aliphatic imine (C=N–C) groups is 1. The van der Waals surface area contributed by atoms with Crippen molar-refractivity contribution in [2.45, 2.75) is 19.4 Å². The first-order valence-corrected chi connectivity index (χ1v) is 8.78. The Bertz CT molecular complexity index is 662. The van der Waals surface area contributed by atoms with Crippen LogP contribution in [0.3, 0.4) is 0 Å². The van der Waals surface area contributed by atoms with Crippen LogP contribution in [-0.4, -0.2) is 54.9 Å². The molecule has 0 aromatic carbocycles. The summed E-state index contributed by atoms with van der Waals surface area (Å²) in [5.41, 5.74) is 2.51. The Labute approximate surface area is 135 Å². The zero-order valence-corrected chi connectivity index (χ0v) is 14.0. The number of amidine groups is 1. The summed E-state index contributed by atoms with van der Waals surface area (Å²) in [4.78, 5) is 11.3. The maximum absolute atomic E-state index is 5.15. The first-order chi connectivity index (χ1) is 10.7. The molecule has 5 heteroatoms. The van der Waals surface area contributed by atoms with E-state index in [-0.39, 0.29) is 6.04 Å². The molecule has 22 heavy (non-hydrogen) atoms. The normalized spacial score (nSPS) is 24.8. The van der Waals surface area contributed by atoms with Gasteiger partial charge < -0.3 is 15.1 Å². The third kappa shape index (κ3) is 2.48. The monoisotopic (exact) mass is 314 g/mol. The van der Waals surface area contributed by atoms with Crippen molar-refractivity contribution in [2.24, 2.45) is 4.99 Å². The molecule has 1 saturated heterocycles. The minimum atomic E-state index is 0.236. The van der Waals surface area contributed by atoms with Crippen molar-refractivity contribution in [1.82, 2.24) is 9.80 Å². The van der Waals surface area contributed by atoms with Crippen LogP contribution in [0.1, 0.15) is 16.9 Å². The van der Waals surface area contributed by atoms with E-state index in [1.165, 1.54) is 27.0 Å². The molecule has 0 saturated carbocycles. The number of nitrogens with one attached hydrogen (secondary N) is 1. The van der Waals surface area contributed by atoms with Crippen LogP contribution in [0.4, 0.5) is 5.00 Å². The third-order valence-electron chi connectivity index (χ3n) is 4.57. The van der Waals surface area contributed by atoms with E-state index in [0.717, 1.165) is 32.6 Å². The smallest absolute Gasteiger partial charge is 0.134 e. The molecule has 1 aliphatic carbocycles. The lowest BCUT2D eigenvalue weighted by Gasteiger charge is -2.34.